The van der Waals surface area contributed by atoms with Crippen LogP contribution in [0.2, 0.25) is 0 Å². The number of pyridine rings is 2. The van der Waals surface area contributed by atoms with Crippen LogP contribution in [0.4, 0.5) is 0 Å². The number of nitrogens with zero attached hydrogens (tertiary/aromatic N) is 3. The predicted octanol–water partition coefficient (Wildman–Crippen LogP) is 13.1. The van der Waals surface area contributed by atoms with Crippen molar-refractivity contribution in [1.29, 1.82) is 0 Å². The summed E-state index contributed by atoms with van der Waals surface area (Å²) in [5.41, 5.74) is 7.75. The molecule has 0 amide bonds. The molecule has 5 nitrogen and oxygen atoms in total. The monoisotopic (exact) mass is 921 g/mol. The second-order valence-electron chi connectivity index (χ2n) is 17.6. The first-order valence-corrected chi connectivity index (χ1v) is 26.5. The number of fused-ring (bicyclic) bond motifs is 11. The average molecular weight is 922 g/mol. The van der Waals surface area contributed by atoms with Gasteiger partial charge >= 0.3 is 0 Å². The SMILES string of the molecule is O=P(c1ccccc1)(c1ccccc1)c1ccc(-c2ccc3c(ccc4c5ccccc5c5nc6ccc(-c7ccc(P(=O)(c8ccccc8)c8ccccc8)c8ccccc78)cc6n5c34)c2)nc1. The van der Waals surface area contributed by atoms with Crippen molar-refractivity contribution in [2.24, 2.45) is 0 Å². The Bertz CT molecular complexity index is 4150. The van der Waals surface area contributed by atoms with Crippen LogP contribution in [0.1, 0.15) is 0 Å². The quantitative estimate of drug-likeness (QED) is 0.112. The van der Waals surface area contributed by atoms with Gasteiger partial charge in [0, 0.05) is 59.7 Å². The lowest BCUT2D eigenvalue weighted by atomic mass is 9.97. The molecule has 0 atom stereocenters. The molecule has 13 aromatic rings. The van der Waals surface area contributed by atoms with E-state index >= 15 is 9.13 Å². The first-order valence-electron chi connectivity index (χ1n) is 23.1. The number of hydrogen-bond donors (Lipinski definition) is 0. The molecule has 0 saturated heterocycles. The summed E-state index contributed by atoms with van der Waals surface area (Å²) in [5.74, 6) is 0. The maximum atomic E-state index is 15.7. The third-order valence-electron chi connectivity index (χ3n) is 13.8. The Hall–Kier alpha value is -8.20. The third kappa shape index (κ3) is 6.46. The molecular formula is C62H41N3O2P2. The van der Waals surface area contributed by atoms with Crippen LogP contribution in [0.3, 0.4) is 0 Å². The molecular weight excluding hydrogens is 881 g/mol. The zero-order valence-electron chi connectivity index (χ0n) is 37.2. The minimum absolute atomic E-state index is 0.694. The number of aromatic nitrogens is 3. The van der Waals surface area contributed by atoms with E-state index < -0.39 is 14.3 Å². The molecule has 0 unspecified atom stereocenters. The smallest absolute Gasteiger partial charge is 0.172 e. The van der Waals surface area contributed by atoms with Crippen molar-refractivity contribution in [3.8, 4) is 22.4 Å². The van der Waals surface area contributed by atoms with Crippen LogP contribution in [0.25, 0.3) is 82.3 Å². The molecule has 69 heavy (non-hydrogen) atoms. The van der Waals surface area contributed by atoms with Crippen molar-refractivity contribution in [3.63, 3.8) is 0 Å². The van der Waals surface area contributed by atoms with Crippen molar-refractivity contribution in [1.82, 2.24) is 14.4 Å². The van der Waals surface area contributed by atoms with Crippen molar-refractivity contribution >= 4 is 106 Å². The van der Waals surface area contributed by atoms with Crippen LogP contribution >= 0.6 is 14.3 Å². The fourth-order valence-corrected chi connectivity index (χ4v) is 15.9. The molecule has 0 spiro atoms. The minimum Gasteiger partial charge on any atom is -0.309 e. The number of rotatable bonds is 8. The highest BCUT2D eigenvalue weighted by atomic mass is 31.2. The molecule has 10 aromatic carbocycles. The lowest BCUT2D eigenvalue weighted by Crippen LogP contribution is -2.25. The summed E-state index contributed by atoms with van der Waals surface area (Å²) in [6, 6.07) is 81.8. The number of hydrogen-bond acceptors (Lipinski definition) is 4. The molecule has 3 heterocycles. The standard InChI is InChI=1S/C62H41N3O2P2/c66-68(45-17-5-1-6-18-45,46-19-7-2-8-20-46)49-32-37-57(63-41-49)44-30-33-51-42(39-44)29-34-55-53-26-14-16-28-56(53)62-64-58-36-31-43(40-59(58)65(62)61(51)55)50-35-38-60(54-27-15-13-25-52(50)54)69(67,47-21-9-3-10-22-47)48-23-11-4-12-24-48/h1-41H. The molecule has 0 bridgehead atoms. The van der Waals surface area contributed by atoms with Gasteiger partial charge in [-0.05, 0) is 69.1 Å². The van der Waals surface area contributed by atoms with Crippen LogP contribution in [-0.4, -0.2) is 14.4 Å². The summed E-state index contributed by atoms with van der Waals surface area (Å²) in [5, 5.41) is 12.2. The van der Waals surface area contributed by atoms with Crippen LogP contribution in [0, 0.1) is 0 Å². The average Bonchev–Trinajstić information content (AvgIpc) is 3.82. The molecule has 13 rings (SSSR count). The summed E-state index contributed by atoms with van der Waals surface area (Å²) in [4.78, 5) is 10.3. The van der Waals surface area contributed by atoms with Gasteiger partial charge in [-0.2, -0.15) is 0 Å². The Morgan fingerprint density at radius 3 is 1.55 bits per heavy atom. The second kappa shape index (κ2) is 16.2. The maximum absolute atomic E-state index is 15.7. The number of benzene rings is 10. The fraction of sp³-hybridized carbons (Fsp3) is 0. The Labute approximate surface area is 398 Å². The van der Waals surface area contributed by atoms with Crippen LogP contribution < -0.4 is 31.8 Å². The van der Waals surface area contributed by atoms with Gasteiger partial charge < -0.3 is 9.13 Å². The minimum atomic E-state index is -3.25. The first-order chi connectivity index (χ1) is 34.0. The van der Waals surface area contributed by atoms with Crippen molar-refractivity contribution in [2.45, 2.75) is 0 Å². The fourth-order valence-electron chi connectivity index (χ4n) is 10.5. The molecule has 0 aliphatic carbocycles. The number of imidazole rings is 1. The van der Waals surface area contributed by atoms with Gasteiger partial charge in [0.2, 0.25) is 0 Å². The molecule has 326 valence electrons. The van der Waals surface area contributed by atoms with Crippen LogP contribution in [-0.2, 0) is 9.13 Å². The van der Waals surface area contributed by atoms with E-state index in [0.29, 0.717) is 5.30 Å². The summed E-state index contributed by atoms with van der Waals surface area (Å²) in [7, 11) is -6.42. The third-order valence-corrected chi connectivity index (χ3v) is 19.9. The van der Waals surface area contributed by atoms with Crippen molar-refractivity contribution in [3.05, 3.63) is 249 Å². The zero-order valence-corrected chi connectivity index (χ0v) is 39.0. The normalized spacial score (nSPS) is 12.2. The van der Waals surface area contributed by atoms with E-state index in [2.05, 4.69) is 108 Å². The van der Waals surface area contributed by atoms with Gasteiger partial charge in [0.25, 0.3) is 0 Å². The predicted molar refractivity (Wildman–Crippen MR) is 290 cm³/mol. The van der Waals surface area contributed by atoms with Gasteiger partial charge in [-0.3, -0.25) is 9.38 Å². The van der Waals surface area contributed by atoms with E-state index in [1.165, 1.54) is 0 Å². The topological polar surface area (TPSA) is 64.3 Å². The van der Waals surface area contributed by atoms with Crippen LogP contribution in [0.5, 0.6) is 0 Å². The molecule has 0 fully saturated rings. The lowest BCUT2D eigenvalue weighted by molar-refractivity contribution is 0.591. The Balaban J connectivity index is 0.971. The maximum Gasteiger partial charge on any atom is 0.172 e. The van der Waals surface area contributed by atoms with E-state index in [4.69, 9.17) is 9.97 Å². The van der Waals surface area contributed by atoms with Gasteiger partial charge in [-0.25, -0.2) is 4.98 Å². The summed E-state index contributed by atoms with van der Waals surface area (Å²) < 4.78 is 33.2. The van der Waals surface area contributed by atoms with E-state index in [1.54, 1.807) is 6.20 Å². The summed E-state index contributed by atoms with van der Waals surface area (Å²) >= 11 is 0. The van der Waals surface area contributed by atoms with Gasteiger partial charge in [0.05, 0.1) is 22.2 Å². The molecule has 0 aliphatic rings. The van der Waals surface area contributed by atoms with Crippen molar-refractivity contribution < 1.29 is 9.13 Å². The van der Waals surface area contributed by atoms with Crippen LogP contribution in [0.15, 0.2) is 249 Å². The molecule has 0 aliphatic heterocycles. The van der Waals surface area contributed by atoms with Crippen molar-refractivity contribution in [2.75, 3.05) is 0 Å². The highest BCUT2D eigenvalue weighted by molar-refractivity contribution is 7.86. The van der Waals surface area contributed by atoms with Gasteiger partial charge in [-0.15, -0.1) is 0 Å². The largest absolute Gasteiger partial charge is 0.309 e. The van der Waals surface area contributed by atoms with E-state index in [9.17, 15) is 0 Å². The highest BCUT2D eigenvalue weighted by Crippen LogP contribution is 2.47. The van der Waals surface area contributed by atoms with E-state index in [1.807, 2.05) is 140 Å². The molecule has 7 heteroatoms. The highest BCUT2D eigenvalue weighted by Gasteiger charge is 2.32. The molecule has 0 N–H and O–H groups in total. The summed E-state index contributed by atoms with van der Waals surface area (Å²) in [6.45, 7) is 0. The van der Waals surface area contributed by atoms with E-state index in [0.717, 1.165) is 109 Å². The van der Waals surface area contributed by atoms with Gasteiger partial charge in [0.1, 0.15) is 5.65 Å². The van der Waals surface area contributed by atoms with Gasteiger partial charge in [0.15, 0.2) is 14.3 Å². The van der Waals surface area contributed by atoms with Gasteiger partial charge in [-0.1, -0.05) is 206 Å². The molecule has 0 radical (unpaired) electrons. The second-order valence-corrected chi connectivity index (χ2v) is 23.1. The Morgan fingerprint density at radius 2 is 0.928 bits per heavy atom. The van der Waals surface area contributed by atoms with E-state index in [-0.39, 0.29) is 0 Å². The Morgan fingerprint density at radius 1 is 0.377 bits per heavy atom. The zero-order chi connectivity index (χ0) is 46.1. The lowest BCUT2D eigenvalue weighted by Gasteiger charge is -2.22. The first kappa shape index (κ1) is 41.0. The summed E-state index contributed by atoms with van der Waals surface area (Å²) in [6.07, 6.45) is 1.79. The molecule has 0 saturated carbocycles. The molecule has 3 aromatic heterocycles. The Kier molecular flexibility index (Phi) is 9.66.